The molecule has 0 saturated carbocycles. The Kier molecular flexibility index (Phi) is 3.29. The highest BCUT2D eigenvalue weighted by atomic mass is 32.2. The quantitative estimate of drug-likeness (QED) is 0.308. The van der Waals surface area contributed by atoms with Crippen LogP contribution in [0.2, 0.25) is 0 Å². The number of thioether (sulfide) groups is 1. The molecule has 0 atom stereocenters. The van der Waals surface area contributed by atoms with E-state index < -0.39 is 0 Å². The predicted octanol–water partition coefficient (Wildman–Crippen LogP) is 0.345. The fourth-order valence-corrected chi connectivity index (χ4v) is 1.88. The zero-order valence-corrected chi connectivity index (χ0v) is 9.70. The monoisotopic (exact) mass is 249 g/mol. The summed E-state index contributed by atoms with van der Waals surface area (Å²) in [4.78, 5) is 18.7. The average Bonchev–Trinajstić information content (AvgIpc) is 2.36. The summed E-state index contributed by atoms with van der Waals surface area (Å²) in [6, 6.07) is 7.15. The van der Waals surface area contributed by atoms with E-state index in [9.17, 15) is 4.79 Å². The van der Waals surface area contributed by atoms with E-state index in [4.69, 9.17) is 11.6 Å². The Balaban J connectivity index is 2.34. The molecule has 0 amide bonds. The third kappa shape index (κ3) is 2.56. The van der Waals surface area contributed by atoms with Gasteiger partial charge in [-0.25, -0.2) is 4.98 Å². The van der Waals surface area contributed by atoms with Crippen LogP contribution in [0.25, 0.3) is 10.9 Å². The Hall–Kier alpha value is -2.02. The van der Waals surface area contributed by atoms with Crippen molar-refractivity contribution in [3.63, 3.8) is 0 Å². The fraction of sp³-hybridized carbons (Fsp3) is 0.100. The Morgan fingerprint density at radius 2 is 2.24 bits per heavy atom. The number of aromatic amines is 1. The maximum atomic E-state index is 11.7. The summed E-state index contributed by atoms with van der Waals surface area (Å²) in [5.41, 5.74) is 5.94. The standard InChI is InChI=1S/C10H11N5OS/c11-10(15-12)17-5-8-13-7-4-2-1-3-6(7)9(16)14-8/h1-4H,5,12H2,(H2,11,15)(H,13,14,16). The van der Waals surface area contributed by atoms with Crippen LogP contribution in [0.1, 0.15) is 5.82 Å². The molecule has 6 nitrogen and oxygen atoms in total. The molecule has 0 spiro atoms. The number of hydrogen-bond acceptors (Lipinski definition) is 5. The topological polar surface area (TPSA) is 110 Å². The molecule has 2 rings (SSSR count). The second kappa shape index (κ2) is 4.88. The Morgan fingerprint density at radius 1 is 1.47 bits per heavy atom. The number of rotatable bonds is 2. The number of benzene rings is 1. The third-order valence-electron chi connectivity index (χ3n) is 2.15. The highest BCUT2D eigenvalue weighted by molar-refractivity contribution is 8.13. The molecule has 0 aliphatic carbocycles. The lowest BCUT2D eigenvalue weighted by atomic mass is 10.2. The highest BCUT2D eigenvalue weighted by Crippen LogP contribution is 2.10. The van der Waals surface area contributed by atoms with Crippen molar-refractivity contribution in [1.82, 2.24) is 9.97 Å². The van der Waals surface area contributed by atoms with E-state index in [1.165, 1.54) is 11.8 Å². The lowest BCUT2D eigenvalue weighted by Gasteiger charge is -2.02. The minimum absolute atomic E-state index is 0.158. The summed E-state index contributed by atoms with van der Waals surface area (Å²) in [7, 11) is 0. The van der Waals surface area contributed by atoms with Crippen LogP contribution in [0.15, 0.2) is 34.2 Å². The maximum absolute atomic E-state index is 11.7. The van der Waals surface area contributed by atoms with Gasteiger partial charge in [0.1, 0.15) is 5.82 Å². The van der Waals surface area contributed by atoms with Gasteiger partial charge in [0.05, 0.1) is 16.7 Å². The molecular formula is C10H11N5OS. The van der Waals surface area contributed by atoms with Crippen molar-refractivity contribution in [3.8, 4) is 0 Å². The average molecular weight is 249 g/mol. The van der Waals surface area contributed by atoms with Gasteiger partial charge >= 0.3 is 0 Å². The van der Waals surface area contributed by atoms with Gasteiger partial charge in [0, 0.05) is 0 Å². The van der Waals surface area contributed by atoms with Crippen molar-refractivity contribution in [2.45, 2.75) is 5.75 Å². The van der Waals surface area contributed by atoms with Crippen LogP contribution in [0.4, 0.5) is 0 Å². The maximum Gasteiger partial charge on any atom is 0.258 e. The van der Waals surface area contributed by atoms with E-state index in [1.807, 2.05) is 6.07 Å². The van der Waals surface area contributed by atoms with Crippen LogP contribution >= 0.6 is 11.8 Å². The van der Waals surface area contributed by atoms with E-state index in [2.05, 4.69) is 15.1 Å². The van der Waals surface area contributed by atoms with Gasteiger partial charge in [-0.05, 0) is 12.1 Å². The van der Waals surface area contributed by atoms with Crippen LogP contribution < -0.4 is 17.1 Å². The van der Waals surface area contributed by atoms with Crippen LogP contribution in [0.5, 0.6) is 0 Å². The molecule has 0 unspecified atom stereocenters. The summed E-state index contributed by atoms with van der Waals surface area (Å²) >= 11 is 1.22. The van der Waals surface area contributed by atoms with Crippen molar-refractivity contribution in [2.75, 3.05) is 0 Å². The Bertz CT molecular complexity index is 621. The van der Waals surface area contributed by atoms with Crippen molar-refractivity contribution in [1.29, 1.82) is 0 Å². The van der Waals surface area contributed by atoms with E-state index >= 15 is 0 Å². The van der Waals surface area contributed by atoms with Crippen LogP contribution in [0, 0.1) is 0 Å². The van der Waals surface area contributed by atoms with Gasteiger partial charge in [0.25, 0.3) is 5.56 Å². The first-order chi connectivity index (χ1) is 8.20. The highest BCUT2D eigenvalue weighted by Gasteiger charge is 2.04. The SMILES string of the molecule is NN=C(N)SCc1nc2ccccc2c(=O)[nH]1. The molecule has 0 aliphatic heterocycles. The number of nitrogens with zero attached hydrogens (tertiary/aromatic N) is 2. The smallest absolute Gasteiger partial charge is 0.258 e. The number of nitrogens with two attached hydrogens (primary N) is 2. The molecule has 88 valence electrons. The van der Waals surface area contributed by atoms with Crippen LogP contribution in [-0.2, 0) is 5.75 Å². The Labute approximate surface area is 101 Å². The van der Waals surface area contributed by atoms with E-state index in [0.29, 0.717) is 22.5 Å². The minimum Gasteiger partial charge on any atom is -0.377 e. The number of nitrogens with one attached hydrogen (secondary N) is 1. The summed E-state index contributed by atoms with van der Waals surface area (Å²) in [5.74, 6) is 5.98. The van der Waals surface area contributed by atoms with Crippen molar-refractivity contribution >= 4 is 27.8 Å². The van der Waals surface area contributed by atoms with Gasteiger partial charge in [-0.3, -0.25) is 4.79 Å². The van der Waals surface area contributed by atoms with Gasteiger partial charge < -0.3 is 16.6 Å². The molecular weight excluding hydrogens is 238 g/mol. The number of H-pyrrole nitrogens is 1. The normalized spacial score (nSPS) is 11.9. The van der Waals surface area contributed by atoms with Gasteiger partial charge in [0.2, 0.25) is 0 Å². The Morgan fingerprint density at radius 3 is 3.00 bits per heavy atom. The first-order valence-corrected chi connectivity index (χ1v) is 5.83. The van der Waals surface area contributed by atoms with E-state index in [1.54, 1.807) is 18.2 Å². The van der Waals surface area contributed by atoms with E-state index in [0.717, 1.165) is 0 Å². The molecule has 0 radical (unpaired) electrons. The molecule has 0 aliphatic rings. The number of hydrogen-bond donors (Lipinski definition) is 3. The molecule has 5 N–H and O–H groups in total. The second-order valence-corrected chi connectivity index (χ2v) is 4.28. The van der Waals surface area contributed by atoms with E-state index in [-0.39, 0.29) is 10.7 Å². The van der Waals surface area contributed by atoms with Gasteiger partial charge in [-0.15, -0.1) is 0 Å². The molecule has 0 fully saturated rings. The lowest BCUT2D eigenvalue weighted by molar-refractivity contribution is 1.04. The van der Waals surface area contributed by atoms with Crippen molar-refractivity contribution in [2.24, 2.45) is 16.7 Å². The minimum atomic E-state index is -0.158. The first-order valence-electron chi connectivity index (χ1n) is 4.85. The molecule has 2 aromatic rings. The van der Waals surface area contributed by atoms with Crippen LogP contribution in [-0.4, -0.2) is 15.1 Å². The molecule has 1 aromatic heterocycles. The van der Waals surface area contributed by atoms with Crippen molar-refractivity contribution < 1.29 is 0 Å². The van der Waals surface area contributed by atoms with Gasteiger partial charge in [-0.1, -0.05) is 23.9 Å². The molecule has 0 saturated heterocycles. The molecule has 7 heteroatoms. The van der Waals surface area contributed by atoms with Gasteiger partial charge in [-0.2, -0.15) is 5.10 Å². The van der Waals surface area contributed by atoms with Gasteiger partial charge in [0.15, 0.2) is 5.17 Å². The summed E-state index contributed by atoms with van der Waals surface area (Å²) in [6.07, 6.45) is 0. The predicted molar refractivity (Wildman–Crippen MR) is 69.5 cm³/mol. The lowest BCUT2D eigenvalue weighted by Crippen LogP contribution is -2.13. The largest absolute Gasteiger partial charge is 0.377 e. The molecule has 0 bridgehead atoms. The third-order valence-corrected chi connectivity index (χ3v) is 2.96. The fourth-order valence-electron chi connectivity index (χ4n) is 1.38. The number of para-hydroxylation sites is 1. The second-order valence-electron chi connectivity index (χ2n) is 3.29. The molecule has 1 aromatic carbocycles. The summed E-state index contributed by atoms with van der Waals surface area (Å²) in [5, 5.41) is 4.15. The summed E-state index contributed by atoms with van der Waals surface area (Å²) < 4.78 is 0. The zero-order valence-electron chi connectivity index (χ0n) is 8.88. The number of hydrazone groups is 1. The van der Waals surface area contributed by atoms with Crippen molar-refractivity contribution in [3.05, 3.63) is 40.4 Å². The molecule has 1 heterocycles. The number of aromatic nitrogens is 2. The molecule has 17 heavy (non-hydrogen) atoms. The number of fused-ring (bicyclic) bond motifs is 1. The van der Waals surface area contributed by atoms with Crippen LogP contribution in [0.3, 0.4) is 0 Å². The summed E-state index contributed by atoms with van der Waals surface area (Å²) in [6.45, 7) is 0. The zero-order chi connectivity index (χ0) is 12.3. The first kappa shape index (κ1) is 11.5. The number of amidine groups is 1.